The first-order chi connectivity index (χ1) is 18.2. The number of benzene rings is 2. The van der Waals surface area contributed by atoms with Gasteiger partial charge >= 0.3 is 6.18 Å². The Bertz CT molecular complexity index is 1340. The van der Waals surface area contributed by atoms with Gasteiger partial charge in [-0.1, -0.05) is 6.07 Å². The number of halogens is 3. The van der Waals surface area contributed by atoms with Crippen molar-refractivity contribution in [1.82, 2.24) is 9.88 Å². The minimum Gasteiger partial charge on any atom is -0.485 e. The Kier molecular flexibility index (Phi) is 7.02. The van der Waals surface area contributed by atoms with Gasteiger partial charge in [0.05, 0.1) is 12.1 Å². The van der Waals surface area contributed by atoms with Crippen LogP contribution in [0.25, 0.3) is 0 Å². The molecule has 0 spiro atoms. The lowest BCUT2D eigenvalue weighted by Crippen LogP contribution is -2.44. The van der Waals surface area contributed by atoms with Gasteiger partial charge in [-0.15, -0.1) is 0 Å². The van der Waals surface area contributed by atoms with Crippen molar-refractivity contribution in [2.24, 2.45) is 0 Å². The number of alkyl halides is 3. The molecule has 2 aromatic carbocycles. The first-order valence-corrected chi connectivity index (χ1v) is 12.3. The van der Waals surface area contributed by atoms with Gasteiger partial charge < -0.3 is 29.9 Å². The zero-order chi connectivity index (χ0) is 26.9. The number of pyridine rings is 1. The number of hydrogen-bond acceptors (Lipinski definition) is 7. The van der Waals surface area contributed by atoms with E-state index in [9.17, 15) is 18.0 Å². The maximum atomic E-state index is 13.7. The van der Waals surface area contributed by atoms with Crippen molar-refractivity contribution in [2.45, 2.75) is 13.1 Å². The van der Waals surface area contributed by atoms with E-state index in [4.69, 9.17) is 9.47 Å². The Morgan fingerprint density at radius 1 is 1.08 bits per heavy atom. The minimum absolute atomic E-state index is 0.0736. The second-order valence-electron chi connectivity index (χ2n) is 9.36. The van der Waals surface area contributed by atoms with Crippen molar-refractivity contribution in [3.63, 3.8) is 0 Å². The Balaban J connectivity index is 1.39. The van der Waals surface area contributed by atoms with E-state index >= 15 is 0 Å². The Labute approximate surface area is 218 Å². The fourth-order valence-electron chi connectivity index (χ4n) is 4.37. The molecule has 11 heteroatoms. The number of likely N-dealkylation sites (N-methyl/N-ethyl adjacent to an activating group) is 1. The Morgan fingerprint density at radius 3 is 2.63 bits per heavy atom. The SMILES string of the molecule is Cc1ccc(C(=O)Nc2cc(N3CCN(C)CC3)cc(C(F)(F)F)c2)cc1Oc1ccnc2c1OCCN2. The van der Waals surface area contributed by atoms with Crippen LogP contribution < -0.4 is 25.0 Å². The number of carbonyl (C=O) groups excluding carboxylic acids is 1. The molecule has 1 aromatic heterocycles. The molecule has 200 valence electrons. The van der Waals surface area contributed by atoms with Gasteiger partial charge in [0.1, 0.15) is 12.4 Å². The van der Waals surface area contributed by atoms with Crippen LogP contribution in [0.15, 0.2) is 48.7 Å². The summed E-state index contributed by atoms with van der Waals surface area (Å²) in [5, 5.41) is 5.78. The molecule has 0 radical (unpaired) electrons. The highest BCUT2D eigenvalue weighted by molar-refractivity contribution is 6.05. The number of ether oxygens (including phenoxy) is 2. The molecule has 0 unspecified atom stereocenters. The first kappa shape index (κ1) is 25.7. The highest BCUT2D eigenvalue weighted by Gasteiger charge is 2.32. The summed E-state index contributed by atoms with van der Waals surface area (Å²) in [5.74, 6) is 1.36. The summed E-state index contributed by atoms with van der Waals surface area (Å²) in [7, 11) is 1.97. The molecule has 38 heavy (non-hydrogen) atoms. The van der Waals surface area contributed by atoms with Crippen molar-refractivity contribution in [1.29, 1.82) is 0 Å². The molecule has 0 saturated carbocycles. The second kappa shape index (κ2) is 10.4. The third-order valence-corrected chi connectivity index (χ3v) is 6.55. The molecule has 2 aliphatic heterocycles. The summed E-state index contributed by atoms with van der Waals surface area (Å²) in [5.41, 5.74) is 0.698. The van der Waals surface area contributed by atoms with Gasteiger partial charge in [0.15, 0.2) is 11.6 Å². The monoisotopic (exact) mass is 527 g/mol. The number of carbonyl (C=O) groups is 1. The molecule has 1 saturated heterocycles. The lowest BCUT2D eigenvalue weighted by molar-refractivity contribution is -0.137. The number of anilines is 3. The van der Waals surface area contributed by atoms with Gasteiger partial charge in [0.25, 0.3) is 5.91 Å². The standard InChI is InChI=1S/C27H28F3N5O3/c1-17-3-4-18(13-23(17)38-22-5-6-31-25-24(22)37-12-7-32-25)26(36)33-20-14-19(27(28,29)30)15-21(16-20)35-10-8-34(2)9-11-35/h3-6,13-16H,7-12H2,1-2H3,(H,31,32)(H,33,36). The number of fused-ring (bicyclic) bond motifs is 1. The molecule has 2 N–H and O–H groups in total. The third kappa shape index (κ3) is 5.62. The van der Waals surface area contributed by atoms with E-state index in [-0.39, 0.29) is 11.3 Å². The summed E-state index contributed by atoms with van der Waals surface area (Å²) in [4.78, 5) is 21.4. The van der Waals surface area contributed by atoms with E-state index in [1.165, 1.54) is 0 Å². The van der Waals surface area contributed by atoms with Crippen molar-refractivity contribution < 1.29 is 27.4 Å². The average molecular weight is 528 g/mol. The number of aromatic nitrogens is 1. The van der Waals surface area contributed by atoms with Crippen LogP contribution >= 0.6 is 0 Å². The molecule has 2 aliphatic rings. The van der Waals surface area contributed by atoms with E-state index in [1.54, 1.807) is 36.5 Å². The molecule has 5 rings (SSSR count). The summed E-state index contributed by atoms with van der Waals surface area (Å²) in [6.45, 7) is 5.61. The van der Waals surface area contributed by atoms with Crippen LogP contribution in [0, 0.1) is 6.92 Å². The topological polar surface area (TPSA) is 79.0 Å². The largest absolute Gasteiger partial charge is 0.485 e. The Hall–Kier alpha value is -3.99. The number of nitrogens with one attached hydrogen (secondary N) is 2. The molecular formula is C27H28F3N5O3. The molecule has 0 aliphatic carbocycles. The summed E-state index contributed by atoms with van der Waals surface area (Å²) in [6.07, 6.45) is -2.96. The third-order valence-electron chi connectivity index (χ3n) is 6.55. The van der Waals surface area contributed by atoms with Crippen LogP contribution in [0.1, 0.15) is 21.5 Å². The van der Waals surface area contributed by atoms with Gasteiger partial charge in [-0.05, 0) is 49.9 Å². The predicted octanol–water partition coefficient (Wildman–Crippen LogP) is 5.01. The Morgan fingerprint density at radius 2 is 1.87 bits per heavy atom. The van der Waals surface area contributed by atoms with E-state index < -0.39 is 17.6 Å². The van der Waals surface area contributed by atoms with E-state index in [0.29, 0.717) is 55.0 Å². The van der Waals surface area contributed by atoms with Crippen LogP contribution in [-0.4, -0.2) is 62.2 Å². The summed E-state index contributed by atoms with van der Waals surface area (Å²) in [6, 6.07) is 10.2. The number of nitrogens with zero attached hydrogens (tertiary/aromatic N) is 3. The van der Waals surface area contributed by atoms with Crippen molar-refractivity contribution in [2.75, 3.05) is 61.9 Å². The van der Waals surface area contributed by atoms with E-state index in [1.807, 2.05) is 18.9 Å². The number of piperazine rings is 1. The van der Waals surface area contributed by atoms with Crippen molar-refractivity contribution >= 4 is 23.1 Å². The zero-order valence-corrected chi connectivity index (χ0v) is 21.1. The predicted molar refractivity (Wildman–Crippen MR) is 139 cm³/mol. The fraction of sp³-hybridized carbons (Fsp3) is 0.333. The smallest absolute Gasteiger partial charge is 0.416 e. The maximum absolute atomic E-state index is 13.7. The average Bonchev–Trinajstić information content (AvgIpc) is 2.90. The van der Waals surface area contributed by atoms with Gasteiger partial charge in [-0.3, -0.25) is 4.79 Å². The first-order valence-electron chi connectivity index (χ1n) is 12.3. The van der Waals surface area contributed by atoms with E-state index in [2.05, 4.69) is 20.5 Å². The number of aryl methyl sites for hydroxylation is 1. The number of rotatable bonds is 5. The van der Waals surface area contributed by atoms with Crippen LogP contribution in [0.5, 0.6) is 17.2 Å². The normalized spacial score (nSPS) is 15.8. The summed E-state index contributed by atoms with van der Waals surface area (Å²) >= 11 is 0. The molecule has 3 aromatic rings. The minimum atomic E-state index is -4.55. The van der Waals surface area contributed by atoms with Crippen LogP contribution in [0.3, 0.4) is 0 Å². The fourth-order valence-corrected chi connectivity index (χ4v) is 4.37. The molecule has 1 fully saturated rings. The molecular weight excluding hydrogens is 499 g/mol. The van der Waals surface area contributed by atoms with E-state index in [0.717, 1.165) is 30.8 Å². The lowest BCUT2D eigenvalue weighted by Gasteiger charge is -2.34. The highest BCUT2D eigenvalue weighted by Crippen LogP contribution is 2.39. The molecule has 0 atom stereocenters. The van der Waals surface area contributed by atoms with Crippen molar-refractivity contribution in [3.8, 4) is 17.2 Å². The zero-order valence-electron chi connectivity index (χ0n) is 21.1. The van der Waals surface area contributed by atoms with Crippen LogP contribution in [-0.2, 0) is 6.18 Å². The number of hydrogen-bond donors (Lipinski definition) is 2. The highest BCUT2D eigenvalue weighted by atomic mass is 19.4. The number of amides is 1. The van der Waals surface area contributed by atoms with Crippen LogP contribution in [0.4, 0.5) is 30.4 Å². The van der Waals surface area contributed by atoms with Crippen molar-refractivity contribution in [3.05, 3.63) is 65.4 Å². The molecule has 0 bridgehead atoms. The molecule has 1 amide bonds. The van der Waals surface area contributed by atoms with Gasteiger partial charge in [0, 0.05) is 55.4 Å². The van der Waals surface area contributed by atoms with Gasteiger partial charge in [0.2, 0.25) is 5.75 Å². The van der Waals surface area contributed by atoms with Gasteiger partial charge in [-0.25, -0.2) is 4.98 Å². The van der Waals surface area contributed by atoms with Crippen LogP contribution in [0.2, 0.25) is 0 Å². The maximum Gasteiger partial charge on any atom is 0.416 e. The van der Waals surface area contributed by atoms with Gasteiger partial charge in [-0.2, -0.15) is 13.2 Å². The second-order valence-corrected chi connectivity index (χ2v) is 9.36. The molecule has 8 nitrogen and oxygen atoms in total. The summed E-state index contributed by atoms with van der Waals surface area (Å²) < 4.78 is 52.8. The lowest BCUT2D eigenvalue weighted by atomic mass is 10.1. The molecule has 3 heterocycles. The quantitative estimate of drug-likeness (QED) is 0.483.